The molecule has 208 valence electrons. The van der Waals surface area contributed by atoms with Crippen molar-refractivity contribution in [3.05, 3.63) is 69.7 Å². The minimum atomic E-state index is -3.83. The van der Waals surface area contributed by atoms with E-state index in [0.717, 1.165) is 36.3 Å². The number of carbonyl (C=O) groups excluding carboxylic acids is 2. The molecule has 3 aromatic rings. The van der Waals surface area contributed by atoms with Crippen LogP contribution >= 0.6 is 22.9 Å². The monoisotopic (exact) mass is 599 g/mol. The first kappa shape index (κ1) is 28.9. The van der Waals surface area contributed by atoms with Crippen molar-refractivity contribution in [1.29, 1.82) is 0 Å². The fourth-order valence-corrected chi connectivity index (χ4v) is 6.52. The van der Waals surface area contributed by atoms with Crippen LogP contribution in [-0.2, 0) is 30.8 Å². The summed E-state index contributed by atoms with van der Waals surface area (Å²) in [6.07, 6.45) is -0.289. The zero-order valence-electron chi connectivity index (χ0n) is 20.7. The van der Waals surface area contributed by atoms with Crippen molar-refractivity contribution in [3.8, 4) is 5.75 Å². The molecule has 1 atom stereocenters. The van der Waals surface area contributed by atoms with E-state index in [0.29, 0.717) is 19.2 Å². The molecule has 4 rings (SSSR count). The number of sulfonamides is 1. The smallest absolute Gasteiger partial charge is 0.311 e. The SMILES string of the molecule is CCOC(=O)Cc1nc(NC(=O)C(Oc2ccc(F)cc2F)c2cccc(S(=O)(=O)N3CCCC3)c2)sc1Cl. The van der Waals surface area contributed by atoms with Crippen LogP contribution in [0.4, 0.5) is 13.9 Å². The summed E-state index contributed by atoms with van der Waals surface area (Å²) >= 11 is 7.06. The van der Waals surface area contributed by atoms with Crippen molar-refractivity contribution in [2.24, 2.45) is 0 Å². The molecule has 0 saturated carbocycles. The van der Waals surface area contributed by atoms with E-state index in [1.165, 1.54) is 28.6 Å². The highest BCUT2D eigenvalue weighted by Gasteiger charge is 2.31. The number of benzene rings is 2. The number of carbonyl (C=O) groups is 2. The predicted octanol–water partition coefficient (Wildman–Crippen LogP) is 4.72. The molecule has 0 aliphatic carbocycles. The average Bonchev–Trinajstić information content (AvgIpc) is 3.54. The van der Waals surface area contributed by atoms with Gasteiger partial charge in [0.1, 0.15) is 10.2 Å². The fourth-order valence-electron chi connectivity index (χ4n) is 3.90. The topological polar surface area (TPSA) is 115 Å². The number of rotatable bonds is 10. The van der Waals surface area contributed by atoms with Gasteiger partial charge in [0.25, 0.3) is 5.91 Å². The fraction of sp³-hybridized carbons (Fsp3) is 0.320. The summed E-state index contributed by atoms with van der Waals surface area (Å²) in [5.74, 6) is -3.70. The molecule has 0 bridgehead atoms. The van der Waals surface area contributed by atoms with Crippen LogP contribution in [-0.4, -0.2) is 49.3 Å². The van der Waals surface area contributed by atoms with E-state index in [-0.39, 0.29) is 38.6 Å². The van der Waals surface area contributed by atoms with E-state index in [9.17, 15) is 26.8 Å². The number of anilines is 1. The third kappa shape index (κ3) is 6.90. The van der Waals surface area contributed by atoms with Gasteiger partial charge in [0, 0.05) is 24.7 Å². The number of hydrogen-bond acceptors (Lipinski definition) is 8. The van der Waals surface area contributed by atoms with Gasteiger partial charge in [-0.15, -0.1) is 0 Å². The van der Waals surface area contributed by atoms with Gasteiger partial charge in [0.2, 0.25) is 16.1 Å². The Labute approximate surface area is 232 Å². The number of thiazole rings is 1. The van der Waals surface area contributed by atoms with Crippen molar-refractivity contribution >= 4 is 50.0 Å². The van der Waals surface area contributed by atoms with Gasteiger partial charge in [0.05, 0.1) is 23.6 Å². The summed E-state index contributed by atoms with van der Waals surface area (Å²) < 4.78 is 66.2. The van der Waals surface area contributed by atoms with Crippen molar-refractivity contribution in [2.45, 2.75) is 37.2 Å². The van der Waals surface area contributed by atoms with Gasteiger partial charge in [-0.25, -0.2) is 22.2 Å². The molecular formula is C25H24ClF2N3O6S2. The Morgan fingerprint density at radius 2 is 1.92 bits per heavy atom. The Morgan fingerprint density at radius 1 is 1.18 bits per heavy atom. The zero-order chi connectivity index (χ0) is 28.2. The lowest BCUT2D eigenvalue weighted by Gasteiger charge is -2.21. The molecule has 9 nitrogen and oxygen atoms in total. The molecular weight excluding hydrogens is 576 g/mol. The second-order valence-corrected chi connectivity index (χ2v) is 12.0. The predicted molar refractivity (Wildman–Crippen MR) is 140 cm³/mol. The van der Waals surface area contributed by atoms with Gasteiger partial charge < -0.3 is 9.47 Å². The first-order chi connectivity index (χ1) is 18.6. The lowest BCUT2D eigenvalue weighted by molar-refractivity contribution is -0.142. The first-order valence-electron chi connectivity index (χ1n) is 11.9. The summed E-state index contributed by atoms with van der Waals surface area (Å²) in [4.78, 5) is 29.3. The molecule has 0 spiro atoms. The lowest BCUT2D eigenvalue weighted by atomic mass is 10.1. The quantitative estimate of drug-likeness (QED) is 0.335. The van der Waals surface area contributed by atoms with E-state index < -0.39 is 45.4 Å². The molecule has 2 heterocycles. The molecule has 14 heteroatoms. The highest BCUT2D eigenvalue weighted by atomic mass is 35.5. The van der Waals surface area contributed by atoms with E-state index >= 15 is 0 Å². The maximum Gasteiger partial charge on any atom is 0.311 e. The zero-order valence-corrected chi connectivity index (χ0v) is 23.0. The van der Waals surface area contributed by atoms with Crippen molar-refractivity contribution in [3.63, 3.8) is 0 Å². The highest BCUT2D eigenvalue weighted by molar-refractivity contribution is 7.89. The average molecular weight is 600 g/mol. The number of hydrogen-bond donors (Lipinski definition) is 1. The summed E-state index contributed by atoms with van der Waals surface area (Å²) in [5, 5.41) is 2.55. The minimum absolute atomic E-state index is 0.0262. The van der Waals surface area contributed by atoms with Gasteiger partial charge in [-0.3, -0.25) is 14.9 Å². The van der Waals surface area contributed by atoms with Crippen molar-refractivity contribution in [1.82, 2.24) is 9.29 Å². The Kier molecular flexibility index (Phi) is 9.15. The summed E-state index contributed by atoms with van der Waals surface area (Å²) in [7, 11) is -3.83. The molecule has 1 saturated heterocycles. The number of ether oxygens (including phenoxy) is 2. The molecule has 1 N–H and O–H groups in total. The molecule has 1 amide bonds. The molecule has 1 aromatic heterocycles. The Hall–Kier alpha value is -3.13. The van der Waals surface area contributed by atoms with Gasteiger partial charge in [0.15, 0.2) is 16.7 Å². The van der Waals surface area contributed by atoms with Gasteiger partial charge >= 0.3 is 5.97 Å². The van der Waals surface area contributed by atoms with Crippen LogP contribution in [0.3, 0.4) is 0 Å². The Bertz CT molecular complexity index is 1480. The molecule has 1 aliphatic rings. The normalized spacial score (nSPS) is 14.7. The van der Waals surface area contributed by atoms with E-state index in [1.807, 2.05) is 0 Å². The van der Waals surface area contributed by atoms with Crippen LogP contribution in [0.2, 0.25) is 4.34 Å². The maximum absolute atomic E-state index is 14.5. The Balaban J connectivity index is 1.65. The molecule has 39 heavy (non-hydrogen) atoms. The third-order valence-electron chi connectivity index (χ3n) is 5.74. The molecule has 2 aromatic carbocycles. The molecule has 1 fully saturated rings. The molecule has 0 radical (unpaired) electrons. The van der Waals surface area contributed by atoms with Crippen LogP contribution in [0.25, 0.3) is 0 Å². The van der Waals surface area contributed by atoms with Gasteiger partial charge in [-0.1, -0.05) is 35.1 Å². The Morgan fingerprint density at radius 3 is 2.62 bits per heavy atom. The van der Waals surface area contributed by atoms with Crippen LogP contribution in [0, 0.1) is 11.6 Å². The summed E-state index contributed by atoms with van der Waals surface area (Å²) in [6.45, 7) is 2.59. The van der Waals surface area contributed by atoms with Gasteiger partial charge in [-0.2, -0.15) is 4.31 Å². The van der Waals surface area contributed by atoms with Crippen LogP contribution in [0.5, 0.6) is 5.75 Å². The second-order valence-electron chi connectivity index (χ2n) is 8.47. The number of amides is 1. The van der Waals surface area contributed by atoms with E-state index in [4.69, 9.17) is 21.1 Å². The summed E-state index contributed by atoms with van der Waals surface area (Å²) in [5.41, 5.74) is 0.294. The van der Waals surface area contributed by atoms with Gasteiger partial charge in [-0.05, 0) is 44.0 Å². The maximum atomic E-state index is 14.5. The third-order valence-corrected chi connectivity index (χ3v) is 8.88. The summed E-state index contributed by atoms with van der Waals surface area (Å²) in [6, 6.07) is 8.15. The van der Waals surface area contributed by atoms with Crippen molar-refractivity contribution < 1.29 is 36.3 Å². The number of nitrogens with zero attached hydrogens (tertiary/aromatic N) is 2. The number of halogens is 3. The largest absolute Gasteiger partial charge is 0.473 e. The second kappa shape index (κ2) is 12.4. The first-order valence-corrected chi connectivity index (χ1v) is 14.6. The van der Waals surface area contributed by atoms with Crippen LogP contribution in [0.1, 0.15) is 37.1 Å². The van der Waals surface area contributed by atoms with Crippen molar-refractivity contribution in [2.75, 3.05) is 25.0 Å². The van der Waals surface area contributed by atoms with Crippen LogP contribution < -0.4 is 10.1 Å². The number of esters is 1. The van der Waals surface area contributed by atoms with Crippen LogP contribution in [0.15, 0.2) is 47.4 Å². The minimum Gasteiger partial charge on any atom is -0.473 e. The van der Waals surface area contributed by atoms with E-state index in [1.54, 1.807) is 6.92 Å². The lowest BCUT2D eigenvalue weighted by Crippen LogP contribution is -2.29. The highest BCUT2D eigenvalue weighted by Crippen LogP contribution is 2.32. The molecule has 1 unspecified atom stereocenters. The molecule has 1 aliphatic heterocycles. The number of aromatic nitrogens is 1. The van der Waals surface area contributed by atoms with E-state index in [2.05, 4.69) is 10.3 Å². The number of nitrogens with one attached hydrogen (secondary N) is 1. The standard InChI is InChI=1S/C25H24ClF2N3O6S2/c1-2-36-21(32)14-19-23(26)38-25(29-19)30-24(33)22(37-20-9-8-16(27)13-18(20)28)15-6-5-7-17(12-15)39(34,35)31-10-3-4-11-31/h5-9,12-13,22H,2-4,10-11,14H2,1H3,(H,29,30,33).